The molecule has 0 unspecified atom stereocenters. The number of H-pyrrole nitrogens is 1. The van der Waals surface area contributed by atoms with E-state index in [1.54, 1.807) is 0 Å². The first-order valence-electron chi connectivity index (χ1n) is 4.98. The zero-order chi connectivity index (χ0) is 12.4. The molecular weight excluding hydrogens is 228 g/mol. The maximum atomic E-state index is 11.8. The van der Waals surface area contributed by atoms with Crippen LogP contribution in [0, 0.1) is 0 Å². The van der Waals surface area contributed by atoms with Gasteiger partial charge in [-0.1, -0.05) is 0 Å². The molecule has 2 aromatic heterocycles. The van der Waals surface area contributed by atoms with Gasteiger partial charge in [0.05, 0.1) is 19.4 Å². The van der Waals surface area contributed by atoms with E-state index in [4.69, 9.17) is 9.84 Å². The molecule has 8 nitrogen and oxygen atoms in total. The summed E-state index contributed by atoms with van der Waals surface area (Å²) in [4.78, 5) is 23.5. The van der Waals surface area contributed by atoms with E-state index in [1.165, 1.54) is 17.8 Å². The van der Waals surface area contributed by atoms with Crippen LogP contribution in [0.5, 0.6) is 0 Å². The van der Waals surface area contributed by atoms with Crippen LogP contribution in [0.25, 0.3) is 11.0 Å². The molecule has 0 saturated carbocycles. The molecule has 0 aromatic carbocycles. The number of aromatic amines is 1. The molecule has 8 heteroatoms. The predicted octanol–water partition coefficient (Wildman–Crippen LogP) is -1.61. The topological polar surface area (TPSA) is 102 Å². The van der Waals surface area contributed by atoms with Gasteiger partial charge in [-0.2, -0.15) is 5.10 Å². The Morgan fingerprint density at radius 1 is 1.53 bits per heavy atom. The summed E-state index contributed by atoms with van der Waals surface area (Å²) < 4.78 is 7.31. The molecule has 0 bridgehead atoms. The van der Waals surface area contributed by atoms with E-state index >= 15 is 0 Å². The van der Waals surface area contributed by atoms with Crippen LogP contribution in [0.4, 0.5) is 0 Å². The Morgan fingerprint density at radius 2 is 2.29 bits per heavy atom. The number of rotatable bonds is 4. The van der Waals surface area contributed by atoms with Gasteiger partial charge in [0.15, 0.2) is 0 Å². The van der Waals surface area contributed by atoms with E-state index < -0.39 is 11.2 Å². The van der Waals surface area contributed by atoms with Crippen molar-refractivity contribution in [2.24, 2.45) is 7.05 Å². The van der Waals surface area contributed by atoms with Gasteiger partial charge in [0.1, 0.15) is 17.8 Å². The highest BCUT2D eigenvalue weighted by atomic mass is 16.5. The number of aliphatic hydroxyl groups is 1. The molecule has 2 rings (SSSR count). The van der Waals surface area contributed by atoms with E-state index in [-0.39, 0.29) is 19.9 Å². The minimum atomic E-state index is -0.496. The van der Waals surface area contributed by atoms with Gasteiger partial charge >= 0.3 is 5.69 Å². The van der Waals surface area contributed by atoms with Crippen LogP contribution in [0.1, 0.15) is 0 Å². The number of hydrogen-bond acceptors (Lipinski definition) is 5. The fraction of sp³-hybridized carbons (Fsp3) is 0.444. The van der Waals surface area contributed by atoms with Crippen molar-refractivity contribution in [3.63, 3.8) is 0 Å². The summed E-state index contributed by atoms with van der Waals surface area (Å²) in [6, 6.07) is 0. The number of hydrogen-bond donors (Lipinski definition) is 2. The molecule has 0 spiro atoms. The van der Waals surface area contributed by atoms with Crippen molar-refractivity contribution in [2.75, 3.05) is 13.2 Å². The Bertz CT molecular complexity index is 638. The summed E-state index contributed by atoms with van der Waals surface area (Å²) in [5.41, 5.74) is -0.585. The SMILES string of the molecule is Cn1c(=O)c2cn[nH]c2n(COCCO)c1=O. The van der Waals surface area contributed by atoms with Crippen LogP contribution in [-0.2, 0) is 18.5 Å². The smallest absolute Gasteiger partial charge is 0.334 e. The van der Waals surface area contributed by atoms with E-state index in [1.807, 2.05) is 0 Å². The first kappa shape index (κ1) is 11.6. The van der Waals surface area contributed by atoms with Gasteiger partial charge in [0.2, 0.25) is 0 Å². The molecule has 0 fully saturated rings. The van der Waals surface area contributed by atoms with Gasteiger partial charge in [-0.25, -0.2) is 4.79 Å². The summed E-state index contributed by atoms with van der Waals surface area (Å²) in [7, 11) is 1.39. The minimum Gasteiger partial charge on any atom is -0.394 e. The van der Waals surface area contributed by atoms with Gasteiger partial charge in [-0.3, -0.25) is 19.0 Å². The van der Waals surface area contributed by atoms with Crippen molar-refractivity contribution < 1.29 is 9.84 Å². The molecular formula is C9H12N4O4. The molecule has 0 amide bonds. The quantitative estimate of drug-likeness (QED) is 0.626. The van der Waals surface area contributed by atoms with Crippen LogP contribution < -0.4 is 11.2 Å². The molecule has 0 aliphatic heterocycles. The second kappa shape index (κ2) is 4.52. The molecule has 0 aliphatic rings. The van der Waals surface area contributed by atoms with Crippen molar-refractivity contribution >= 4 is 11.0 Å². The molecule has 0 atom stereocenters. The highest BCUT2D eigenvalue weighted by Gasteiger charge is 2.11. The fourth-order valence-corrected chi connectivity index (χ4v) is 1.53. The first-order chi connectivity index (χ1) is 8.16. The number of nitrogens with one attached hydrogen (secondary N) is 1. The lowest BCUT2D eigenvalue weighted by Crippen LogP contribution is -2.38. The predicted molar refractivity (Wildman–Crippen MR) is 58.6 cm³/mol. The van der Waals surface area contributed by atoms with Gasteiger partial charge in [-0.05, 0) is 0 Å². The monoisotopic (exact) mass is 240 g/mol. The summed E-state index contributed by atoms with van der Waals surface area (Å²) in [5.74, 6) is 0. The van der Waals surface area contributed by atoms with E-state index in [9.17, 15) is 9.59 Å². The van der Waals surface area contributed by atoms with Crippen molar-refractivity contribution in [3.8, 4) is 0 Å². The molecule has 0 aliphatic carbocycles. The maximum absolute atomic E-state index is 11.8. The molecule has 2 aromatic rings. The largest absolute Gasteiger partial charge is 0.394 e. The van der Waals surface area contributed by atoms with Crippen LogP contribution in [0.3, 0.4) is 0 Å². The molecule has 17 heavy (non-hydrogen) atoms. The van der Waals surface area contributed by atoms with Crippen molar-refractivity contribution in [3.05, 3.63) is 27.0 Å². The number of ether oxygens (including phenoxy) is 1. The third-order valence-corrected chi connectivity index (χ3v) is 2.40. The highest BCUT2D eigenvalue weighted by molar-refractivity contribution is 5.72. The minimum absolute atomic E-state index is 0.0494. The lowest BCUT2D eigenvalue weighted by molar-refractivity contribution is 0.0472. The number of aromatic nitrogens is 4. The molecule has 92 valence electrons. The Labute approximate surface area is 95.1 Å². The maximum Gasteiger partial charge on any atom is 0.334 e. The summed E-state index contributed by atoms with van der Waals surface area (Å²) >= 11 is 0. The number of nitrogens with zero attached hydrogens (tertiary/aromatic N) is 3. The molecule has 2 heterocycles. The van der Waals surface area contributed by atoms with Crippen LogP contribution in [-0.4, -0.2) is 37.7 Å². The third-order valence-electron chi connectivity index (χ3n) is 2.40. The summed E-state index contributed by atoms with van der Waals surface area (Å²) in [6.07, 6.45) is 1.36. The molecule has 0 saturated heterocycles. The third kappa shape index (κ3) is 1.87. The fourth-order valence-electron chi connectivity index (χ4n) is 1.53. The zero-order valence-electron chi connectivity index (χ0n) is 9.21. The van der Waals surface area contributed by atoms with E-state index in [0.29, 0.717) is 11.0 Å². The zero-order valence-corrected chi connectivity index (χ0v) is 9.21. The first-order valence-corrected chi connectivity index (χ1v) is 4.98. The van der Waals surface area contributed by atoms with E-state index in [2.05, 4.69) is 10.2 Å². The van der Waals surface area contributed by atoms with Gasteiger partial charge in [0.25, 0.3) is 5.56 Å². The van der Waals surface area contributed by atoms with Crippen molar-refractivity contribution in [1.29, 1.82) is 0 Å². The molecule has 2 N–H and O–H groups in total. The Balaban J connectivity index is 2.57. The standard InChI is InChI=1S/C9H12N4O4/c1-12-8(15)6-4-10-11-7(6)13(9(12)16)5-17-3-2-14/h4,14H,2-3,5H2,1H3,(H,10,11). The lowest BCUT2D eigenvalue weighted by atomic mass is 10.4. The summed E-state index contributed by atoms with van der Waals surface area (Å²) in [6.45, 7) is -0.0657. The molecule has 0 radical (unpaired) electrons. The van der Waals surface area contributed by atoms with E-state index in [0.717, 1.165) is 4.57 Å². The average Bonchev–Trinajstić information content (AvgIpc) is 2.80. The Hall–Kier alpha value is -1.93. The second-order valence-corrected chi connectivity index (χ2v) is 3.47. The number of fused-ring (bicyclic) bond motifs is 1. The second-order valence-electron chi connectivity index (χ2n) is 3.47. The van der Waals surface area contributed by atoms with Gasteiger partial charge < -0.3 is 9.84 Å². The van der Waals surface area contributed by atoms with Crippen LogP contribution in [0.2, 0.25) is 0 Å². The Morgan fingerprint density at radius 3 is 3.00 bits per heavy atom. The highest BCUT2D eigenvalue weighted by Crippen LogP contribution is 2.02. The van der Waals surface area contributed by atoms with Crippen molar-refractivity contribution in [2.45, 2.75) is 6.73 Å². The average molecular weight is 240 g/mol. The lowest BCUT2D eigenvalue weighted by Gasteiger charge is -2.08. The van der Waals surface area contributed by atoms with Gasteiger partial charge in [0, 0.05) is 7.05 Å². The van der Waals surface area contributed by atoms with Gasteiger partial charge in [-0.15, -0.1) is 0 Å². The van der Waals surface area contributed by atoms with Crippen LogP contribution in [0.15, 0.2) is 15.8 Å². The normalized spacial score (nSPS) is 11.2. The van der Waals surface area contributed by atoms with Crippen molar-refractivity contribution in [1.82, 2.24) is 19.3 Å². The summed E-state index contributed by atoms with van der Waals surface area (Å²) in [5, 5.41) is 15.2. The number of aliphatic hydroxyl groups excluding tert-OH is 1. The Kier molecular flexibility index (Phi) is 3.07. The van der Waals surface area contributed by atoms with Crippen LogP contribution >= 0.6 is 0 Å².